The number of H-pyrrole nitrogens is 2. The zero-order chi connectivity index (χ0) is 47.1. The standard InChI is InChI=1S/C55H76N4O6/c1-12-38-35(8)42-27-43-36(9)40(23-24-48(61)65-26-25-34(7)22-16-21-33(6)20-15-19-32(5)18-14-17-31(3)4)52(58-43)50-51(55(63)64-11)54(62)49-37(10)44(59-53(49)50)28-46-39(13-2)41(30-60)47(57-46)29-45(38)56-42/h12,25,27-33,36,40,43,51,53,56-59H,1,13-24,26H2,2-11H3/b34-25+,42-27-,44-28-,45-29+,52-50-/t32-,33-,36+,40+,43?,51-,53-/m1/s1. The van der Waals surface area contributed by atoms with Crippen molar-refractivity contribution in [1.29, 1.82) is 0 Å². The van der Waals surface area contributed by atoms with Gasteiger partial charge in [0.15, 0.2) is 12.1 Å². The van der Waals surface area contributed by atoms with Crippen molar-refractivity contribution in [2.24, 2.45) is 35.5 Å². The van der Waals surface area contributed by atoms with Crippen molar-refractivity contribution in [3.05, 3.63) is 90.7 Å². The number of aromatic amines is 2. The lowest BCUT2D eigenvalue weighted by atomic mass is 9.83. The molecule has 1 saturated carbocycles. The molecule has 2 fully saturated rings. The quantitative estimate of drug-likeness (QED) is 0.0421. The summed E-state index contributed by atoms with van der Waals surface area (Å²) in [6.07, 6.45) is 23.3. The van der Waals surface area contributed by atoms with Crippen LogP contribution in [-0.4, -0.2) is 59.8 Å². The third-order valence-electron chi connectivity index (χ3n) is 14.8. The van der Waals surface area contributed by atoms with Gasteiger partial charge in [-0.25, -0.2) is 0 Å². The van der Waals surface area contributed by atoms with Crippen molar-refractivity contribution >= 4 is 48.3 Å². The fraction of sp³-hybridized carbons (Fsp3) is 0.564. The van der Waals surface area contributed by atoms with Crippen molar-refractivity contribution < 1.29 is 28.7 Å². The highest BCUT2D eigenvalue weighted by Crippen LogP contribution is 2.47. The van der Waals surface area contributed by atoms with Crippen molar-refractivity contribution in [2.75, 3.05) is 13.7 Å². The van der Waals surface area contributed by atoms with Crippen LogP contribution in [0, 0.1) is 42.4 Å². The van der Waals surface area contributed by atoms with Gasteiger partial charge in [0.1, 0.15) is 12.5 Å². The summed E-state index contributed by atoms with van der Waals surface area (Å²) in [7, 11) is 1.31. The number of aromatic nitrogens is 2. The number of nitrogens with one attached hydrogen (secondary N) is 4. The van der Waals surface area contributed by atoms with E-state index in [2.05, 4.69) is 74.8 Å². The van der Waals surface area contributed by atoms with Gasteiger partial charge in [-0.05, 0) is 117 Å². The molecule has 2 aromatic heterocycles. The van der Waals surface area contributed by atoms with Crippen LogP contribution in [0.4, 0.5) is 0 Å². The number of esters is 2. The molecular weight excluding hydrogens is 813 g/mol. The lowest BCUT2D eigenvalue weighted by Gasteiger charge is -2.23. The Morgan fingerprint density at radius 3 is 2.23 bits per heavy atom. The summed E-state index contributed by atoms with van der Waals surface area (Å²) in [5.74, 6) is -0.242. The molecule has 8 bridgehead atoms. The Labute approximate surface area is 387 Å². The maximum Gasteiger partial charge on any atom is 0.320 e. The van der Waals surface area contributed by atoms with Crippen LogP contribution in [0.15, 0.2) is 46.3 Å². The number of ketones is 1. The average Bonchev–Trinajstić information content (AvgIpc) is 4.02. The molecule has 3 aliphatic heterocycles. The molecule has 65 heavy (non-hydrogen) atoms. The van der Waals surface area contributed by atoms with Gasteiger partial charge < -0.3 is 30.1 Å². The molecule has 1 saturated heterocycles. The van der Waals surface area contributed by atoms with Gasteiger partial charge in [-0.1, -0.05) is 105 Å². The van der Waals surface area contributed by atoms with Crippen LogP contribution in [-0.2, 0) is 30.3 Å². The van der Waals surface area contributed by atoms with Crippen molar-refractivity contribution in [2.45, 2.75) is 151 Å². The Bertz CT molecular complexity index is 2380. The van der Waals surface area contributed by atoms with Gasteiger partial charge >= 0.3 is 11.9 Å². The molecule has 1 aliphatic carbocycles. The molecule has 4 N–H and O–H groups in total. The monoisotopic (exact) mass is 889 g/mol. The second-order valence-electron chi connectivity index (χ2n) is 20.0. The second kappa shape index (κ2) is 21.9. The summed E-state index contributed by atoms with van der Waals surface area (Å²) in [6, 6.07) is -0.806. The number of methoxy groups -OCH3 is 1. The first-order valence-electron chi connectivity index (χ1n) is 24.5. The predicted molar refractivity (Wildman–Crippen MR) is 262 cm³/mol. The highest BCUT2D eigenvalue weighted by molar-refractivity contribution is 6.17. The van der Waals surface area contributed by atoms with Gasteiger partial charge in [0, 0.05) is 62.9 Å². The number of rotatable bonds is 21. The third-order valence-corrected chi connectivity index (χ3v) is 14.8. The maximum atomic E-state index is 14.4. The Morgan fingerprint density at radius 2 is 1.58 bits per heavy atom. The number of allylic oxidation sites excluding steroid dienone is 3. The minimum atomic E-state index is -1.14. The number of Topliss-reactive ketones (excluding diaryl/α,β-unsaturated/α-hetero) is 1. The van der Waals surface area contributed by atoms with E-state index in [9.17, 15) is 19.2 Å². The van der Waals surface area contributed by atoms with Crippen LogP contribution in [0.5, 0.6) is 0 Å². The minimum Gasteiger partial charge on any atom is -0.468 e. The largest absolute Gasteiger partial charge is 0.468 e. The molecule has 1 unspecified atom stereocenters. The van der Waals surface area contributed by atoms with Gasteiger partial charge in [0.05, 0.1) is 18.8 Å². The van der Waals surface area contributed by atoms with Crippen LogP contribution in [0.3, 0.4) is 0 Å². The zero-order valence-electron chi connectivity index (χ0n) is 40.9. The molecule has 0 radical (unpaired) electrons. The summed E-state index contributed by atoms with van der Waals surface area (Å²) in [4.78, 5) is 61.2. The van der Waals surface area contributed by atoms with Crippen LogP contribution < -0.4 is 21.3 Å². The van der Waals surface area contributed by atoms with E-state index < -0.39 is 17.9 Å². The summed E-state index contributed by atoms with van der Waals surface area (Å²) < 4.78 is 11.1. The molecule has 7 atom stereocenters. The normalized spacial score (nSPS) is 25.2. The highest BCUT2D eigenvalue weighted by atomic mass is 16.5. The van der Waals surface area contributed by atoms with Gasteiger partial charge in [-0.15, -0.1) is 0 Å². The van der Waals surface area contributed by atoms with E-state index in [0.29, 0.717) is 41.2 Å². The molecule has 4 aliphatic rings. The van der Waals surface area contributed by atoms with Crippen LogP contribution in [0.25, 0.3) is 24.3 Å². The lowest BCUT2D eigenvalue weighted by molar-refractivity contribution is -0.146. The minimum absolute atomic E-state index is 0.0378. The lowest BCUT2D eigenvalue weighted by Crippen LogP contribution is -2.32. The highest BCUT2D eigenvalue weighted by Gasteiger charge is 2.54. The molecule has 10 heteroatoms. The van der Waals surface area contributed by atoms with Crippen LogP contribution in [0.1, 0.15) is 164 Å². The van der Waals surface area contributed by atoms with Crippen molar-refractivity contribution in [1.82, 2.24) is 20.6 Å². The number of hydrogen-bond acceptors (Lipinski definition) is 8. The molecule has 352 valence electrons. The first kappa shape index (κ1) is 49.3. The van der Waals surface area contributed by atoms with Gasteiger partial charge in [-0.2, -0.15) is 0 Å². The van der Waals surface area contributed by atoms with Crippen molar-refractivity contribution in [3.63, 3.8) is 0 Å². The SMILES string of the molecule is C=Cc1c(C)/c2[nH]/c1=C/c1[nH]c(c(CC)c1C=O)/C=C1\N[C@@H]3C(=C1C)C(=O)[C@H](C(=O)OC)/C3=C1/NC(\C=2)[C@@H](C)[C@@H]1CCC(=O)OC/C=C(\C)CCC[C@H](C)CCC[C@H](C)CCCC(C)C. The number of carbonyl (C=O) groups is 4. The van der Waals surface area contributed by atoms with Crippen molar-refractivity contribution in [3.8, 4) is 0 Å². The third kappa shape index (κ3) is 11.0. The average molecular weight is 889 g/mol. The molecule has 10 nitrogen and oxygen atoms in total. The summed E-state index contributed by atoms with van der Waals surface area (Å²) >= 11 is 0. The zero-order valence-corrected chi connectivity index (χ0v) is 40.9. The van der Waals surface area contributed by atoms with Crippen LogP contribution >= 0.6 is 0 Å². The Balaban J connectivity index is 1.21. The summed E-state index contributed by atoms with van der Waals surface area (Å²) in [6.45, 7) is 24.0. The Hall–Kier alpha value is -5.12. The summed E-state index contributed by atoms with van der Waals surface area (Å²) in [5.41, 5.74) is 9.45. The second-order valence-corrected chi connectivity index (χ2v) is 20.0. The maximum absolute atomic E-state index is 14.4. The number of hydrogen-bond donors (Lipinski definition) is 4. The van der Waals surface area contributed by atoms with E-state index in [0.717, 1.165) is 81.0 Å². The fourth-order valence-corrected chi connectivity index (χ4v) is 10.8. The van der Waals surface area contributed by atoms with E-state index in [4.69, 9.17) is 9.47 Å². The molecular formula is C55H76N4O6. The van der Waals surface area contributed by atoms with E-state index >= 15 is 0 Å². The fourth-order valence-electron chi connectivity index (χ4n) is 10.8. The molecule has 6 rings (SSSR count). The smallest absolute Gasteiger partial charge is 0.320 e. The number of carbonyl (C=O) groups excluding carboxylic acids is 4. The Kier molecular flexibility index (Phi) is 16.6. The van der Waals surface area contributed by atoms with Gasteiger partial charge in [-0.3, -0.25) is 19.2 Å². The number of aldehydes is 1. The molecule has 5 heterocycles. The summed E-state index contributed by atoms with van der Waals surface area (Å²) in [5, 5.41) is 9.10. The predicted octanol–water partition coefficient (Wildman–Crippen LogP) is 9.48. The van der Waals surface area contributed by atoms with E-state index in [1.807, 2.05) is 45.1 Å². The molecule has 0 spiro atoms. The number of fused-ring (bicyclic) bond motifs is 7. The van der Waals surface area contributed by atoms with Gasteiger partial charge in [0.25, 0.3) is 0 Å². The van der Waals surface area contributed by atoms with E-state index in [1.165, 1.54) is 57.6 Å². The first-order valence-corrected chi connectivity index (χ1v) is 24.5. The molecule has 0 amide bonds. The van der Waals surface area contributed by atoms with E-state index in [-0.39, 0.29) is 42.7 Å². The first-order chi connectivity index (χ1) is 31.1. The topological polar surface area (TPSA) is 142 Å². The molecule has 2 aromatic rings. The number of ether oxygens (including phenoxy) is 2. The van der Waals surface area contributed by atoms with E-state index in [1.54, 1.807) is 0 Å². The van der Waals surface area contributed by atoms with Gasteiger partial charge in [0.2, 0.25) is 0 Å². The van der Waals surface area contributed by atoms with Crippen LogP contribution in [0.2, 0.25) is 0 Å². The Morgan fingerprint density at radius 1 is 0.892 bits per heavy atom. The molecule has 0 aromatic carbocycles.